The number of hydrogen-bond acceptors (Lipinski definition) is 2. The highest BCUT2D eigenvalue weighted by atomic mass is 35.5. The van der Waals surface area contributed by atoms with E-state index < -0.39 is 0 Å². The molecule has 25 heavy (non-hydrogen) atoms. The molecule has 3 rings (SSSR count). The Morgan fingerprint density at radius 1 is 1.00 bits per heavy atom. The summed E-state index contributed by atoms with van der Waals surface area (Å²) >= 11 is 5.93. The molecule has 2 aromatic carbocycles. The van der Waals surface area contributed by atoms with Gasteiger partial charge in [0.1, 0.15) is 0 Å². The fourth-order valence-electron chi connectivity index (χ4n) is 3.29. The molecule has 0 saturated carbocycles. The Bertz CT molecular complexity index is 664. The van der Waals surface area contributed by atoms with Crippen molar-refractivity contribution in [1.82, 2.24) is 10.2 Å². The molecular formula is C21H25ClN2O. The molecule has 1 amide bonds. The lowest BCUT2D eigenvalue weighted by molar-refractivity contribution is -0.122. The molecular weight excluding hydrogens is 332 g/mol. The lowest BCUT2D eigenvalue weighted by Crippen LogP contribution is -2.44. The Morgan fingerprint density at radius 3 is 2.36 bits per heavy atom. The van der Waals surface area contributed by atoms with Gasteiger partial charge in [0.25, 0.3) is 0 Å². The van der Waals surface area contributed by atoms with Crippen LogP contribution in [0.3, 0.4) is 0 Å². The van der Waals surface area contributed by atoms with Crippen LogP contribution in [-0.2, 0) is 17.8 Å². The van der Waals surface area contributed by atoms with Crippen LogP contribution in [0.2, 0.25) is 5.02 Å². The van der Waals surface area contributed by atoms with Crippen LogP contribution in [0.4, 0.5) is 0 Å². The topological polar surface area (TPSA) is 32.3 Å². The second-order valence-corrected chi connectivity index (χ2v) is 7.17. The maximum absolute atomic E-state index is 12.2. The summed E-state index contributed by atoms with van der Waals surface area (Å²) in [5.74, 6) is 0.167. The molecule has 1 fully saturated rings. The van der Waals surface area contributed by atoms with Gasteiger partial charge in [-0.1, -0.05) is 54.1 Å². The van der Waals surface area contributed by atoms with Crippen molar-refractivity contribution in [3.05, 3.63) is 70.7 Å². The van der Waals surface area contributed by atoms with E-state index in [0.29, 0.717) is 12.5 Å². The van der Waals surface area contributed by atoms with Crippen molar-refractivity contribution >= 4 is 17.5 Å². The Hall–Kier alpha value is -1.84. The van der Waals surface area contributed by atoms with E-state index in [0.717, 1.165) is 43.9 Å². The number of carbonyl (C=O) groups excluding carboxylic acids is 1. The highest BCUT2D eigenvalue weighted by Crippen LogP contribution is 2.16. The van der Waals surface area contributed by atoms with Crippen LogP contribution in [0, 0.1) is 0 Å². The monoisotopic (exact) mass is 356 g/mol. The Kier molecular flexibility index (Phi) is 6.48. The van der Waals surface area contributed by atoms with Gasteiger partial charge < -0.3 is 5.32 Å². The number of likely N-dealkylation sites (tertiary alicyclic amines) is 1. The van der Waals surface area contributed by atoms with Crippen LogP contribution in [-0.4, -0.2) is 29.9 Å². The zero-order valence-electron chi connectivity index (χ0n) is 14.5. The average Bonchev–Trinajstić information content (AvgIpc) is 2.64. The van der Waals surface area contributed by atoms with Gasteiger partial charge in [-0.2, -0.15) is 0 Å². The average molecular weight is 357 g/mol. The number of hydrogen-bond donors (Lipinski definition) is 1. The van der Waals surface area contributed by atoms with Gasteiger partial charge in [-0.15, -0.1) is 0 Å². The van der Waals surface area contributed by atoms with Crippen LogP contribution in [0.25, 0.3) is 0 Å². The second kappa shape index (κ2) is 9.02. The van der Waals surface area contributed by atoms with Gasteiger partial charge >= 0.3 is 0 Å². The van der Waals surface area contributed by atoms with E-state index in [-0.39, 0.29) is 5.91 Å². The molecule has 0 bridgehead atoms. The van der Waals surface area contributed by atoms with E-state index in [1.807, 2.05) is 30.3 Å². The quantitative estimate of drug-likeness (QED) is 0.846. The van der Waals surface area contributed by atoms with Crippen molar-refractivity contribution in [3.63, 3.8) is 0 Å². The lowest BCUT2D eigenvalue weighted by atomic mass is 10.0. The molecule has 0 unspecified atom stereocenters. The molecule has 0 atom stereocenters. The molecule has 0 aromatic heterocycles. The normalized spacial score (nSPS) is 15.9. The van der Waals surface area contributed by atoms with Crippen molar-refractivity contribution < 1.29 is 4.79 Å². The Morgan fingerprint density at radius 2 is 1.68 bits per heavy atom. The van der Waals surface area contributed by atoms with Gasteiger partial charge in [0.15, 0.2) is 0 Å². The lowest BCUT2D eigenvalue weighted by Gasteiger charge is -2.32. The summed E-state index contributed by atoms with van der Waals surface area (Å²) in [5, 5.41) is 3.98. The molecule has 3 nitrogen and oxygen atoms in total. The molecule has 2 aromatic rings. The van der Waals surface area contributed by atoms with Crippen LogP contribution in [0.5, 0.6) is 0 Å². The third-order valence-electron chi connectivity index (χ3n) is 4.76. The van der Waals surface area contributed by atoms with Crippen molar-refractivity contribution in [2.75, 3.05) is 13.1 Å². The first-order chi connectivity index (χ1) is 12.2. The van der Waals surface area contributed by atoms with Crippen LogP contribution < -0.4 is 5.32 Å². The first-order valence-corrected chi connectivity index (χ1v) is 9.37. The number of rotatable bonds is 6. The molecule has 0 spiro atoms. The van der Waals surface area contributed by atoms with E-state index in [2.05, 4.69) is 34.5 Å². The molecule has 1 aliphatic rings. The van der Waals surface area contributed by atoms with E-state index in [4.69, 9.17) is 11.6 Å². The summed E-state index contributed by atoms with van der Waals surface area (Å²) in [6.45, 7) is 2.99. The first kappa shape index (κ1) is 18.0. The van der Waals surface area contributed by atoms with E-state index in [1.54, 1.807) is 0 Å². The number of amides is 1. The second-order valence-electron chi connectivity index (χ2n) is 6.73. The SMILES string of the molecule is O=C(CCc1ccccc1)NC1CCN(Cc2ccc(Cl)cc2)CC1. The van der Waals surface area contributed by atoms with E-state index in [1.165, 1.54) is 11.1 Å². The summed E-state index contributed by atoms with van der Waals surface area (Å²) in [5.41, 5.74) is 2.50. The number of halogens is 1. The fourth-order valence-corrected chi connectivity index (χ4v) is 3.41. The number of benzene rings is 2. The number of nitrogens with zero attached hydrogens (tertiary/aromatic N) is 1. The third kappa shape index (κ3) is 5.87. The summed E-state index contributed by atoms with van der Waals surface area (Å²) in [6, 6.07) is 18.5. The highest BCUT2D eigenvalue weighted by molar-refractivity contribution is 6.30. The van der Waals surface area contributed by atoms with Crippen LogP contribution in [0.1, 0.15) is 30.4 Å². The summed E-state index contributed by atoms with van der Waals surface area (Å²) in [6.07, 6.45) is 3.41. The summed E-state index contributed by atoms with van der Waals surface area (Å²) < 4.78 is 0. The maximum Gasteiger partial charge on any atom is 0.220 e. The van der Waals surface area contributed by atoms with Gasteiger partial charge in [-0.25, -0.2) is 0 Å². The molecule has 1 heterocycles. The van der Waals surface area contributed by atoms with Crippen molar-refractivity contribution in [3.8, 4) is 0 Å². The minimum absolute atomic E-state index is 0.167. The van der Waals surface area contributed by atoms with Gasteiger partial charge in [0.2, 0.25) is 5.91 Å². The van der Waals surface area contributed by atoms with E-state index >= 15 is 0 Å². The zero-order valence-corrected chi connectivity index (χ0v) is 15.2. The minimum Gasteiger partial charge on any atom is -0.353 e. The Balaban J connectivity index is 1.37. The molecule has 4 heteroatoms. The Labute approximate surface area is 155 Å². The predicted octanol–water partition coefficient (Wildman–Crippen LogP) is 4.05. The van der Waals surface area contributed by atoms with Gasteiger partial charge in [-0.3, -0.25) is 9.69 Å². The number of carbonyl (C=O) groups is 1. The van der Waals surface area contributed by atoms with Gasteiger partial charge in [0, 0.05) is 37.1 Å². The molecule has 1 aliphatic heterocycles. The number of aryl methyl sites for hydroxylation is 1. The third-order valence-corrected chi connectivity index (χ3v) is 5.01. The molecule has 1 N–H and O–H groups in total. The van der Waals surface area contributed by atoms with Gasteiger partial charge in [-0.05, 0) is 42.5 Å². The highest BCUT2D eigenvalue weighted by Gasteiger charge is 2.20. The fraction of sp³-hybridized carbons (Fsp3) is 0.381. The molecule has 132 valence electrons. The number of nitrogens with one attached hydrogen (secondary N) is 1. The smallest absolute Gasteiger partial charge is 0.220 e. The molecule has 1 saturated heterocycles. The minimum atomic E-state index is 0.167. The standard InChI is InChI=1S/C21H25ClN2O/c22-19-9-6-18(7-10-19)16-24-14-12-20(13-15-24)23-21(25)11-8-17-4-2-1-3-5-17/h1-7,9-10,20H,8,11-16H2,(H,23,25). The van der Waals surface area contributed by atoms with Crippen molar-refractivity contribution in [1.29, 1.82) is 0 Å². The largest absolute Gasteiger partial charge is 0.353 e. The van der Waals surface area contributed by atoms with Gasteiger partial charge in [0.05, 0.1) is 0 Å². The molecule has 0 radical (unpaired) electrons. The number of piperidine rings is 1. The van der Waals surface area contributed by atoms with Crippen molar-refractivity contribution in [2.24, 2.45) is 0 Å². The van der Waals surface area contributed by atoms with Crippen LogP contribution in [0.15, 0.2) is 54.6 Å². The summed E-state index contributed by atoms with van der Waals surface area (Å²) in [7, 11) is 0. The van der Waals surface area contributed by atoms with Crippen molar-refractivity contribution in [2.45, 2.75) is 38.3 Å². The molecule has 0 aliphatic carbocycles. The van der Waals surface area contributed by atoms with E-state index in [9.17, 15) is 4.79 Å². The maximum atomic E-state index is 12.2. The van der Waals surface area contributed by atoms with Crippen LogP contribution >= 0.6 is 11.6 Å². The summed E-state index contributed by atoms with van der Waals surface area (Å²) in [4.78, 5) is 14.6. The zero-order chi connectivity index (χ0) is 17.5. The first-order valence-electron chi connectivity index (χ1n) is 8.99. The predicted molar refractivity (Wildman–Crippen MR) is 103 cm³/mol.